The Kier molecular flexibility index (Phi) is 11.5. The maximum atomic E-state index is 5.50. The first-order valence-electron chi connectivity index (χ1n) is 23.9. The molecule has 12 rings (SSSR count). The zero-order valence-corrected chi connectivity index (χ0v) is 38.1. The minimum atomic E-state index is -0.328. The number of hydrogen-bond acceptors (Lipinski definition) is 7. The number of amidine groups is 2. The van der Waals surface area contributed by atoms with Gasteiger partial charge < -0.3 is 10.6 Å². The second-order valence-electron chi connectivity index (χ2n) is 18.4. The molecule has 4 N–H and O–H groups in total. The SMILES string of the molecule is C1=CC2SC3C=CC(c4cc(C5=NC(c6ccccc6)NC(c6ccc(C7=CCCC=C7)cc6)N5)cc(C5N=C(c6ccccc6)NC(C6C=CC(c7ccccc7)=CC6)N5)c4)=CC3C2C=C1. The molecule has 330 valence electrons. The van der Waals surface area contributed by atoms with Gasteiger partial charge in [0.15, 0.2) is 0 Å². The number of aliphatic imine (C=N–C) groups is 2. The minimum Gasteiger partial charge on any atom is -0.354 e. The van der Waals surface area contributed by atoms with E-state index in [9.17, 15) is 0 Å². The molecule has 0 spiro atoms. The fourth-order valence-corrected chi connectivity index (χ4v) is 12.2. The maximum Gasteiger partial charge on any atom is 0.131 e. The van der Waals surface area contributed by atoms with E-state index in [2.05, 4.69) is 245 Å². The highest BCUT2D eigenvalue weighted by Crippen LogP contribution is 2.50. The highest BCUT2D eigenvalue weighted by Gasteiger charge is 2.41. The molecule has 0 saturated carbocycles. The molecule has 0 aromatic heterocycles. The molecule has 1 fully saturated rings. The Morgan fingerprint density at radius 1 is 0.478 bits per heavy atom. The molecule has 5 aromatic rings. The Bertz CT molecular complexity index is 2960. The number of nitrogens with zero attached hydrogens (tertiary/aromatic N) is 2. The monoisotopic (exact) mass is 890 g/mol. The lowest BCUT2D eigenvalue weighted by atomic mass is 9.80. The van der Waals surface area contributed by atoms with E-state index in [0.717, 1.165) is 58.8 Å². The number of allylic oxidation sites excluding steroid dienone is 13. The first-order chi connectivity index (χ1) is 33.1. The van der Waals surface area contributed by atoms with Crippen LogP contribution in [0.2, 0.25) is 0 Å². The summed E-state index contributed by atoms with van der Waals surface area (Å²) in [6.45, 7) is 0. The number of hydrogen-bond donors (Lipinski definition) is 4. The fraction of sp³-hybridized carbons (Fsp3) is 0.200. The second-order valence-corrected chi connectivity index (χ2v) is 19.8. The van der Waals surface area contributed by atoms with E-state index in [1.807, 2.05) is 0 Å². The second kappa shape index (κ2) is 18.5. The van der Waals surface area contributed by atoms with Crippen LogP contribution in [0, 0.1) is 17.8 Å². The summed E-state index contributed by atoms with van der Waals surface area (Å²) >= 11 is 2.09. The van der Waals surface area contributed by atoms with Crippen LogP contribution in [-0.4, -0.2) is 28.3 Å². The van der Waals surface area contributed by atoms with Crippen molar-refractivity contribution in [1.82, 2.24) is 21.3 Å². The van der Waals surface area contributed by atoms with Gasteiger partial charge >= 0.3 is 0 Å². The first kappa shape index (κ1) is 41.6. The van der Waals surface area contributed by atoms with Crippen molar-refractivity contribution >= 4 is 40.2 Å². The highest BCUT2D eigenvalue weighted by molar-refractivity contribution is 8.01. The lowest BCUT2D eigenvalue weighted by Crippen LogP contribution is -2.54. The zero-order chi connectivity index (χ0) is 44.5. The van der Waals surface area contributed by atoms with Gasteiger partial charge in [-0.2, -0.15) is 0 Å². The predicted octanol–water partition coefficient (Wildman–Crippen LogP) is 12.2. The maximum absolute atomic E-state index is 5.50. The number of thioether (sulfide) groups is 1. The summed E-state index contributed by atoms with van der Waals surface area (Å²) in [5.74, 6) is 2.85. The molecule has 1 saturated heterocycles. The van der Waals surface area contributed by atoms with Gasteiger partial charge in [0.2, 0.25) is 0 Å². The molecule has 3 aliphatic heterocycles. The van der Waals surface area contributed by atoms with Crippen molar-refractivity contribution < 1.29 is 0 Å². The van der Waals surface area contributed by atoms with Crippen molar-refractivity contribution in [3.63, 3.8) is 0 Å². The molecule has 0 radical (unpaired) electrons. The van der Waals surface area contributed by atoms with E-state index >= 15 is 0 Å². The first-order valence-corrected chi connectivity index (χ1v) is 24.9. The summed E-state index contributed by atoms with van der Waals surface area (Å²) in [5.41, 5.74) is 12.9. The molecule has 9 unspecified atom stereocenters. The van der Waals surface area contributed by atoms with Crippen LogP contribution in [0.3, 0.4) is 0 Å². The van der Waals surface area contributed by atoms with Crippen LogP contribution in [0.25, 0.3) is 16.7 Å². The van der Waals surface area contributed by atoms with Gasteiger partial charge in [-0.15, -0.1) is 11.8 Å². The van der Waals surface area contributed by atoms with Crippen molar-refractivity contribution in [1.29, 1.82) is 0 Å². The molecule has 67 heavy (non-hydrogen) atoms. The topological polar surface area (TPSA) is 72.8 Å². The van der Waals surface area contributed by atoms with Gasteiger partial charge in [-0.3, -0.25) is 10.6 Å². The van der Waals surface area contributed by atoms with Crippen LogP contribution >= 0.6 is 11.8 Å². The molecule has 0 bridgehead atoms. The number of nitrogens with one attached hydrogen (secondary N) is 4. The number of fused-ring (bicyclic) bond motifs is 3. The summed E-state index contributed by atoms with van der Waals surface area (Å²) in [4.78, 5) is 11.0. The van der Waals surface area contributed by atoms with Crippen LogP contribution in [0.15, 0.2) is 222 Å². The van der Waals surface area contributed by atoms with Crippen molar-refractivity contribution in [2.45, 2.75) is 54.4 Å². The molecule has 3 heterocycles. The Hall–Kier alpha value is -6.77. The highest BCUT2D eigenvalue weighted by atomic mass is 32.2. The largest absolute Gasteiger partial charge is 0.354 e. The van der Waals surface area contributed by atoms with E-state index in [1.165, 1.54) is 33.4 Å². The van der Waals surface area contributed by atoms with Gasteiger partial charge in [0.1, 0.15) is 30.2 Å². The van der Waals surface area contributed by atoms with E-state index in [1.54, 1.807) is 0 Å². The summed E-state index contributed by atoms with van der Waals surface area (Å²) in [6.07, 6.45) is 32.7. The standard InChI is InChI=1S/C60H54N6S/c1-5-15-39(16-6-1)41-25-29-45(30-26-41)57-61-55(43-19-9-3-10-20-43)63-59(65-57)49-35-48(47-33-34-54-52(38-47)51-23-13-14-24-53(51)67-54)36-50(37-49)60-64-56(44-21-11-4-12-22-44)62-58(66-60)46-31-27-42(28-32-46)40-17-7-2-8-18-40/h1,3-7,9-29,31-38,45,51-54,56-59,62,65H,2,8,30H2,(H,61,63)(H,64,66). The van der Waals surface area contributed by atoms with Crippen LogP contribution in [-0.2, 0) is 0 Å². The third-order valence-corrected chi connectivity index (χ3v) is 15.7. The van der Waals surface area contributed by atoms with Crippen LogP contribution in [0.5, 0.6) is 0 Å². The van der Waals surface area contributed by atoms with E-state index in [0.29, 0.717) is 22.3 Å². The number of rotatable bonds is 9. The van der Waals surface area contributed by atoms with Crippen molar-refractivity contribution in [3.8, 4) is 0 Å². The van der Waals surface area contributed by atoms with Gasteiger partial charge in [-0.1, -0.05) is 194 Å². The average molecular weight is 891 g/mol. The molecule has 4 aliphatic carbocycles. The summed E-state index contributed by atoms with van der Waals surface area (Å²) in [7, 11) is 0. The van der Waals surface area contributed by atoms with E-state index in [-0.39, 0.29) is 30.6 Å². The molecule has 7 aliphatic rings. The Morgan fingerprint density at radius 2 is 1.15 bits per heavy atom. The smallest absolute Gasteiger partial charge is 0.131 e. The third-order valence-electron chi connectivity index (χ3n) is 14.1. The number of benzene rings is 5. The molecule has 9 atom stereocenters. The van der Waals surface area contributed by atoms with Gasteiger partial charge in [-0.25, -0.2) is 9.98 Å². The van der Waals surface area contributed by atoms with Gasteiger partial charge in [0.25, 0.3) is 0 Å². The lowest BCUT2D eigenvalue weighted by molar-refractivity contribution is 0.328. The molecular formula is C60H54N6S. The Morgan fingerprint density at radius 3 is 1.91 bits per heavy atom. The van der Waals surface area contributed by atoms with Gasteiger partial charge in [0, 0.05) is 39.4 Å². The van der Waals surface area contributed by atoms with E-state index < -0.39 is 0 Å². The van der Waals surface area contributed by atoms with Crippen molar-refractivity contribution in [3.05, 3.63) is 257 Å². The predicted molar refractivity (Wildman–Crippen MR) is 279 cm³/mol. The zero-order valence-electron chi connectivity index (χ0n) is 37.3. The lowest BCUT2D eigenvalue weighted by Gasteiger charge is -2.36. The van der Waals surface area contributed by atoms with Crippen molar-refractivity contribution in [2.24, 2.45) is 27.7 Å². The molecule has 6 nitrogen and oxygen atoms in total. The normalized spacial score (nSPS) is 28.2. The van der Waals surface area contributed by atoms with E-state index in [4.69, 9.17) is 9.98 Å². The van der Waals surface area contributed by atoms with Crippen LogP contribution in [0.4, 0.5) is 0 Å². The quantitative estimate of drug-likeness (QED) is 0.119. The average Bonchev–Trinajstić information content (AvgIpc) is 3.80. The molecule has 5 aromatic carbocycles. The minimum absolute atomic E-state index is 0.0631. The summed E-state index contributed by atoms with van der Waals surface area (Å²) in [5, 5.41) is 16.6. The van der Waals surface area contributed by atoms with Gasteiger partial charge in [-0.05, 0) is 87.6 Å². The van der Waals surface area contributed by atoms with Crippen LogP contribution < -0.4 is 21.3 Å². The molecule has 0 amide bonds. The fourth-order valence-electron chi connectivity index (χ4n) is 10.6. The summed E-state index contributed by atoms with van der Waals surface area (Å²) < 4.78 is 0. The third kappa shape index (κ3) is 8.71. The van der Waals surface area contributed by atoms with Crippen LogP contribution in [0.1, 0.15) is 82.3 Å². The molecular weight excluding hydrogens is 837 g/mol. The molecule has 7 heteroatoms. The Balaban J connectivity index is 0.945. The Labute approximate surface area is 398 Å². The van der Waals surface area contributed by atoms with Crippen molar-refractivity contribution in [2.75, 3.05) is 0 Å². The summed E-state index contributed by atoms with van der Waals surface area (Å²) in [6, 6.07) is 47.9. The van der Waals surface area contributed by atoms with Gasteiger partial charge in [0.05, 0.1) is 6.17 Å².